The second-order valence-corrected chi connectivity index (χ2v) is 6.83. The van der Waals surface area contributed by atoms with Crippen LogP contribution < -0.4 is 10.6 Å². The van der Waals surface area contributed by atoms with Crippen LogP contribution in [0.2, 0.25) is 0 Å². The summed E-state index contributed by atoms with van der Waals surface area (Å²) in [4.78, 5) is 12.0. The number of anilines is 1. The Bertz CT molecular complexity index is 791. The standard InChI is InChI=1S/C17H24N6O2/c1-17(2,3)25-16(24)21-15-13(10-20-23(15)5)9-19-8-12-6-14(7-18)22(4)11-12/h6,10-11,19H,8-9H2,1-5H3,(H,21,24). The second-order valence-electron chi connectivity index (χ2n) is 6.83. The molecule has 0 atom stereocenters. The first-order chi connectivity index (χ1) is 11.7. The van der Waals surface area contributed by atoms with Gasteiger partial charge in [-0.2, -0.15) is 10.4 Å². The Labute approximate surface area is 147 Å². The van der Waals surface area contributed by atoms with Crippen LogP contribution >= 0.6 is 0 Å². The Kier molecular flexibility index (Phi) is 5.49. The maximum absolute atomic E-state index is 12.0. The van der Waals surface area contributed by atoms with Crippen LogP contribution in [0.5, 0.6) is 0 Å². The average molecular weight is 344 g/mol. The molecule has 8 nitrogen and oxygen atoms in total. The molecule has 0 saturated heterocycles. The molecule has 0 saturated carbocycles. The quantitative estimate of drug-likeness (QED) is 0.867. The Morgan fingerprint density at radius 3 is 2.68 bits per heavy atom. The lowest BCUT2D eigenvalue weighted by molar-refractivity contribution is 0.0634. The number of carbonyl (C=O) groups excluding carboxylic acids is 1. The van der Waals surface area contributed by atoms with E-state index in [1.54, 1.807) is 22.5 Å². The second kappa shape index (κ2) is 7.40. The number of aryl methyl sites for hydroxylation is 2. The number of carbonyl (C=O) groups is 1. The van der Waals surface area contributed by atoms with Crippen molar-refractivity contribution in [1.82, 2.24) is 19.7 Å². The molecule has 0 unspecified atom stereocenters. The molecule has 1 amide bonds. The number of hydrogen-bond donors (Lipinski definition) is 2. The molecule has 0 aliphatic rings. The molecule has 0 radical (unpaired) electrons. The predicted molar refractivity (Wildman–Crippen MR) is 93.7 cm³/mol. The van der Waals surface area contributed by atoms with E-state index < -0.39 is 11.7 Å². The molecule has 0 fully saturated rings. The number of nitriles is 1. The highest BCUT2D eigenvalue weighted by molar-refractivity contribution is 5.84. The van der Waals surface area contributed by atoms with E-state index in [0.717, 1.165) is 11.1 Å². The summed E-state index contributed by atoms with van der Waals surface area (Å²) in [5.74, 6) is 0.590. The van der Waals surface area contributed by atoms with Crippen LogP contribution in [0.1, 0.15) is 37.6 Å². The van der Waals surface area contributed by atoms with Gasteiger partial charge in [-0.05, 0) is 32.4 Å². The molecule has 2 heterocycles. The SMILES string of the molecule is Cn1cc(CNCc2cnn(C)c2NC(=O)OC(C)(C)C)cc1C#N. The van der Waals surface area contributed by atoms with Gasteiger partial charge in [0.15, 0.2) is 0 Å². The van der Waals surface area contributed by atoms with E-state index in [-0.39, 0.29) is 0 Å². The average Bonchev–Trinajstić information content (AvgIpc) is 3.02. The minimum absolute atomic E-state index is 0.515. The van der Waals surface area contributed by atoms with Gasteiger partial charge in [-0.15, -0.1) is 0 Å². The number of nitrogens with zero attached hydrogens (tertiary/aromatic N) is 4. The molecule has 2 aromatic heterocycles. The fourth-order valence-electron chi connectivity index (χ4n) is 2.36. The number of amides is 1. The van der Waals surface area contributed by atoms with E-state index in [0.29, 0.717) is 24.6 Å². The van der Waals surface area contributed by atoms with Crippen molar-refractivity contribution in [2.75, 3.05) is 5.32 Å². The van der Waals surface area contributed by atoms with Crippen LogP contribution in [0.25, 0.3) is 0 Å². The zero-order valence-corrected chi connectivity index (χ0v) is 15.3. The molecule has 25 heavy (non-hydrogen) atoms. The fourth-order valence-corrected chi connectivity index (χ4v) is 2.36. The van der Waals surface area contributed by atoms with Crippen LogP contribution in [0, 0.1) is 11.3 Å². The van der Waals surface area contributed by atoms with E-state index in [9.17, 15) is 4.79 Å². The highest BCUT2D eigenvalue weighted by atomic mass is 16.6. The maximum atomic E-state index is 12.0. The molecule has 8 heteroatoms. The van der Waals surface area contributed by atoms with Crippen molar-refractivity contribution in [2.45, 2.75) is 39.5 Å². The number of nitrogens with one attached hydrogen (secondary N) is 2. The highest BCUT2D eigenvalue weighted by Crippen LogP contribution is 2.16. The zero-order chi connectivity index (χ0) is 18.6. The first-order valence-electron chi connectivity index (χ1n) is 7.96. The first kappa shape index (κ1) is 18.5. The molecule has 0 aliphatic carbocycles. The van der Waals surface area contributed by atoms with Crippen LogP contribution in [-0.4, -0.2) is 26.0 Å². The van der Waals surface area contributed by atoms with E-state index in [2.05, 4.69) is 21.8 Å². The summed E-state index contributed by atoms with van der Waals surface area (Å²) in [6, 6.07) is 3.98. The summed E-state index contributed by atoms with van der Waals surface area (Å²) in [6.07, 6.45) is 3.10. The van der Waals surface area contributed by atoms with Crippen LogP contribution in [0.3, 0.4) is 0 Å². The highest BCUT2D eigenvalue weighted by Gasteiger charge is 2.19. The molecule has 0 spiro atoms. The Hall–Kier alpha value is -2.79. The molecule has 2 aromatic rings. The van der Waals surface area contributed by atoms with Crippen LogP contribution in [0.4, 0.5) is 10.6 Å². The summed E-state index contributed by atoms with van der Waals surface area (Å²) in [7, 11) is 3.60. The lowest BCUT2D eigenvalue weighted by atomic mass is 10.2. The van der Waals surface area contributed by atoms with Gasteiger partial charge in [0.05, 0.1) is 6.20 Å². The molecular weight excluding hydrogens is 320 g/mol. The van der Waals surface area contributed by atoms with Crippen LogP contribution in [-0.2, 0) is 31.9 Å². The van der Waals surface area contributed by atoms with Crippen molar-refractivity contribution in [2.24, 2.45) is 14.1 Å². The van der Waals surface area contributed by atoms with Crippen molar-refractivity contribution >= 4 is 11.9 Å². The molecule has 0 bridgehead atoms. The van der Waals surface area contributed by atoms with E-state index in [1.165, 1.54) is 0 Å². The molecule has 0 aromatic carbocycles. The largest absolute Gasteiger partial charge is 0.444 e. The van der Waals surface area contributed by atoms with Crippen molar-refractivity contribution in [1.29, 1.82) is 5.26 Å². The van der Waals surface area contributed by atoms with Gasteiger partial charge in [-0.25, -0.2) is 4.79 Å². The first-order valence-corrected chi connectivity index (χ1v) is 7.96. The van der Waals surface area contributed by atoms with E-state index in [1.807, 2.05) is 40.1 Å². The van der Waals surface area contributed by atoms with Gasteiger partial charge >= 0.3 is 6.09 Å². The normalized spacial score (nSPS) is 11.2. The van der Waals surface area contributed by atoms with Gasteiger partial charge in [-0.3, -0.25) is 10.00 Å². The van der Waals surface area contributed by atoms with Gasteiger partial charge in [0.25, 0.3) is 0 Å². The Morgan fingerprint density at radius 2 is 2.08 bits per heavy atom. The third-order valence-corrected chi connectivity index (χ3v) is 3.45. The van der Waals surface area contributed by atoms with Crippen molar-refractivity contribution in [3.05, 3.63) is 35.3 Å². The molecule has 2 N–H and O–H groups in total. The predicted octanol–water partition coefficient (Wildman–Crippen LogP) is 2.27. The lowest BCUT2D eigenvalue weighted by Gasteiger charge is -2.20. The monoisotopic (exact) mass is 344 g/mol. The Balaban J connectivity index is 1.96. The molecule has 134 valence electrons. The zero-order valence-electron chi connectivity index (χ0n) is 15.3. The molecular formula is C17H24N6O2. The minimum atomic E-state index is -0.563. The minimum Gasteiger partial charge on any atom is -0.444 e. The third kappa shape index (κ3) is 5.09. The number of aromatic nitrogens is 3. The van der Waals surface area contributed by atoms with Crippen molar-refractivity contribution < 1.29 is 9.53 Å². The van der Waals surface area contributed by atoms with Gasteiger partial charge in [-0.1, -0.05) is 0 Å². The van der Waals surface area contributed by atoms with Crippen molar-refractivity contribution in [3.63, 3.8) is 0 Å². The molecule has 0 aliphatic heterocycles. The van der Waals surface area contributed by atoms with E-state index >= 15 is 0 Å². The summed E-state index contributed by atoms with van der Waals surface area (Å²) in [6.45, 7) is 6.57. The number of rotatable bonds is 5. The van der Waals surface area contributed by atoms with Gasteiger partial charge in [0.2, 0.25) is 0 Å². The van der Waals surface area contributed by atoms with Gasteiger partial charge < -0.3 is 14.6 Å². The summed E-state index contributed by atoms with van der Waals surface area (Å²) < 4.78 is 8.66. The summed E-state index contributed by atoms with van der Waals surface area (Å²) >= 11 is 0. The van der Waals surface area contributed by atoms with Gasteiger partial charge in [0, 0.05) is 38.9 Å². The lowest BCUT2D eigenvalue weighted by Crippen LogP contribution is -2.28. The summed E-state index contributed by atoms with van der Waals surface area (Å²) in [5.41, 5.74) is 1.92. The van der Waals surface area contributed by atoms with Crippen LogP contribution in [0.15, 0.2) is 18.5 Å². The summed E-state index contributed by atoms with van der Waals surface area (Å²) in [5, 5.41) is 19.2. The van der Waals surface area contributed by atoms with Crippen molar-refractivity contribution in [3.8, 4) is 6.07 Å². The molecule has 2 rings (SSSR count). The van der Waals surface area contributed by atoms with E-state index in [4.69, 9.17) is 10.00 Å². The number of hydrogen-bond acceptors (Lipinski definition) is 5. The topological polar surface area (TPSA) is 96.9 Å². The van der Waals surface area contributed by atoms with Gasteiger partial charge in [0.1, 0.15) is 23.2 Å². The smallest absolute Gasteiger partial charge is 0.413 e. The Morgan fingerprint density at radius 1 is 1.36 bits per heavy atom. The third-order valence-electron chi connectivity index (χ3n) is 3.45. The maximum Gasteiger partial charge on any atom is 0.413 e. The number of ether oxygens (including phenoxy) is 1. The fraction of sp³-hybridized carbons (Fsp3) is 0.471.